The third-order valence-electron chi connectivity index (χ3n) is 4.38. The normalized spacial score (nSPS) is 18.0. The molecular weight excluding hydrogens is 302 g/mol. The second-order valence-electron chi connectivity index (χ2n) is 6.22. The monoisotopic (exact) mass is 325 g/mol. The highest BCUT2D eigenvalue weighted by molar-refractivity contribution is 6.03. The molecule has 2 aromatic rings. The summed E-state index contributed by atoms with van der Waals surface area (Å²) in [6, 6.07) is 14.0. The van der Waals surface area contributed by atoms with Gasteiger partial charge in [-0.2, -0.15) is 0 Å². The Hall–Kier alpha value is -2.40. The summed E-state index contributed by atoms with van der Waals surface area (Å²) in [5.74, 6) is -0.129. The lowest BCUT2D eigenvalue weighted by atomic mass is 10.1. The van der Waals surface area contributed by atoms with Gasteiger partial charge in [0.2, 0.25) is 11.8 Å². The Morgan fingerprint density at radius 2 is 2.04 bits per heavy atom. The summed E-state index contributed by atoms with van der Waals surface area (Å²) in [5, 5.41) is 8.33. The minimum atomic E-state index is -0.171. The largest absolute Gasteiger partial charge is 0.324 e. The zero-order chi connectivity index (χ0) is 16.9. The van der Waals surface area contributed by atoms with E-state index in [4.69, 9.17) is 0 Å². The molecule has 0 bridgehead atoms. The molecule has 0 radical (unpaired) electrons. The number of anilines is 1. The smallest absolute Gasteiger partial charge is 0.244 e. The summed E-state index contributed by atoms with van der Waals surface area (Å²) >= 11 is 0. The molecule has 0 saturated carbocycles. The van der Waals surface area contributed by atoms with Gasteiger partial charge in [-0.1, -0.05) is 49.7 Å². The highest BCUT2D eigenvalue weighted by Crippen LogP contribution is 2.23. The van der Waals surface area contributed by atoms with Gasteiger partial charge >= 0.3 is 0 Å². The molecule has 1 fully saturated rings. The summed E-state index contributed by atoms with van der Waals surface area (Å²) in [6.45, 7) is 2.62. The molecule has 1 atom stereocenters. The molecule has 0 aromatic heterocycles. The first-order valence-corrected chi connectivity index (χ1v) is 8.46. The number of carbonyl (C=O) groups excluding carboxylic acids is 2. The third kappa shape index (κ3) is 3.74. The van der Waals surface area contributed by atoms with Crippen LogP contribution in [0.2, 0.25) is 0 Å². The first kappa shape index (κ1) is 16.5. The molecule has 0 spiro atoms. The zero-order valence-corrected chi connectivity index (χ0v) is 13.9. The first-order valence-electron chi connectivity index (χ1n) is 8.46. The Bertz CT molecular complexity index is 739. The number of benzene rings is 2. The quantitative estimate of drug-likeness (QED) is 0.888. The van der Waals surface area contributed by atoms with Gasteiger partial charge in [0.15, 0.2) is 0 Å². The zero-order valence-electron chi connectivity index (χ0n) is 13.9. The minimum absolute atomic E-state index is 0.0419. The van der Waals surface area contributed by atoms with E-state index in [0.29, 0.717) is 13.1 Å². The van der Waals surface area contributed by atoms with E-state index < -0.39 is 0 Å². The average molecular weight is 325 g/mol. The summed E-state index contributed by atoms with van der Waals surface area (Å²) in [7, 11) is 0. The fraction of sp³-hybridized carbons (Fsp3) is 0.368. The van der Waals surface area contributed by atoms with Crippen molar-refractivity contribution in [2.45, 2.75) is 32.2 Å². The number of fused-ring (bicyclic) bond motifs is 1. The molecule has 126 valence electrons. The van der Waals surface area contributed by atoms with Crippen molar-refractivity contribution in [1.82, 2.24) is 10.2 Å². The number of amides is 2. The Kier molecular flexibility index (Phi) is 5.11. The predicted molar refractivity (Wildman–Crippen MR) is 95.6 cm³/mol. The van der Waals surface area contributed by atoms with Crippen LogP contribution in [0, 0.1) is 0 Å². The lowest BCUT2D eigenvalue weighted by Gasteiger charge is -2.32. The van der Waals surface area contributed by atoms with Crippen LogP contribution in [0.3, 0.4) is 0 Å². The van der Waals surface area contributed by atoms with Crippen LogP contribution in [-0.4, -0.2) is 36.0 Å². The van der Waals surface area contributed by atoms with E-state index in [-0.39, 0.29) is 24.4 Å². The molecule has 0 aliphatic carbocycles. The van der Waals surface area contributed by atoms with E-state index in [0.717, 1.165) is 29.3 Å². The second-order valence-corrected chi connectivity index (χ2v) is 6.22. The topological polar surface area (TPSA) is 61.4 Å². The van der Waals surface area contributed by atoms with E-state index in [1.807, 2.05) is 42.5 Å². The maximum absolute atomic E-state index is 12.3. The fourth-order valence-corrected chi connectivity index (χ4v) is 3.13. The van der Waals surface area contributed by atoms with Crippen molar-refractivity contribution in [2.24, 2.45) is 0 Å². The molecule has 1 unspecified atom stereocenters. The van der Waals surface area contributed by atoms with Crippen LogP contribution < -0.4 is 10.6 Å². The number of nitrogens with one attached hydrogen (secondary N) is 2. The van der Waals surface area contributed by atoms with Gasteiger partial charge in [0.25, 0.3) is 0 Å². The maximum atomic E-state index is 12.3. The van der Waals surface area contributed by atoms with Gasteiger partial charge in [-0.05, 0) is 17.9 Å². The van der Waals surface area contributed by atoms with Gasteiger partial charge in [0, 0.05) is 23.5 Å². The Morgan fingerprint density at radius 3 is 2.83 bits per heavy atom. The summed E-state index contributed by atoms with van der Waals surface area (Å²) in [4.78, 5) is 26.1. The fourth-order valence-electron chi connectivity index (χ4n) is 3.13. The Morgan fingerprint density at radius 1 is 1.25 bits per heavy atom. The standard InChI is InChI=1S/C19H23N3O2/c1-2-6-15-11-19(24)22(13-20-15)12-18(23)21-17-10-5-8-14-7-3-4-9-16(14)17/h3-5,7-10,15,20H,2,6,11-13H2,1H3,(H,21,23). The van der Waals surface area contributed by atoms with Gasteiger partial charge < -0.3 is 10.2 Å². The molecule has 2 amide bonds. The summed E-state index contributed by atoms with van der Waals surface area (Å²) < 4.78 is 0. The lowest BCUT2D eigenvalue weighted by Crippen LogP contribution is -2.52. The van der Waals surface area contributed by atoms with Crippen molar-refractivity contribution in [1.29, 1.82) is 0 Å². The molecule has 5 nitrogen and oxygen atoms in total. The highest BCUT2D eigenvalue weighted by atomic mass is 16.2. The molecule has 2 N–H and O–H groups in total. The molecule has 24 heavy (non-hydrogen) atoms. The molecule has 2 aromatic carbocycles. The van der Waals surface area contributed by atoms with Crippen LogP contribution in [0.4, 0.5) is 5.69 Å². The van der Waals surface area contributed by atoms with Crippen molar-refractivity contribution in [2.75, 3.05) is 18.5 Å². The van der Waals surface area contributed by atoms with E-state index in [2.05, 4.69) is 17.6 Å². The van der Waals surface area contributed by atoms with Crippen molar-refractivity contribution in [3.8, 4) is 0 Å². The molecule has 1 aliphatic heterocycles. The summed E-state index contributed by atoms with van der Waals surface area (Å²) in [6.07, 6.45) is 2.50. The van der Waals surface area contributed by atoms with Crippen molar-refractivity contribution >= 4 is 28.3 Å². The molecule has 3 rings (SSSR count). The molecule has 1 heterocycles. The molecule has 5 heteroatoms. The number of carbonyl (C=O) groups is 2. The van der Waals surface area contributed by atoms with Crippen LogP contribution in [0.25, 0.3) is 10.8 Å². The number of rotatable bonds is 5. The second kappa shape index (κ2) is 7.45. The highest BCUT2D eigenvalue weighted by Gasteiger charge is 2.26. The number of hydrogen-bond acceptors (Lipinski definition) is 3. The van der Waals surface area contributed by atoms with E-state index in [1.165, 1.54) is 0 Å². The average Bonchev–Trinajstić information content (AvgIpc) is 2.58. The Balaban J connectivity index is 1.62. The molecular formula is C19H23N3O2. The Labute approximate surface area is 142 Å². The van der Waals surface area contributed by atoms with Gasteiger partial charge in [0.05, 0.1) is 6.67 Å². The van der Waals surface area contributed by atoms with Gasteiger partial charge in [-0.3, -0.25) is 14.9 Å². The van der Waals surface area contributed by atoms with Crippen LogP contribution in [0.1, 0.15) is 26.2 Å². The van der Waals surface area contributed by atoms with Gasteiger partial charge in [-0.25, -0.2) is 0 Å². The van der Waals surface area contributed by atoms with Crippen molar-refractivity contribution in [3.05, 3.63) is 42.5 Å². The first-order chi connectivity index (χ1) is 11.7. The van der Waals surface area contributed by atoms with E-state index in [9.17, 15) is 9.59 Å². The lowest BCUT2D eigenvalue weighted by molar-refractivity contribution is -0.138. The summed E-state index contributed by atoms with van der Waals surface area (Å²) in [5.41, 5.74) is 0.777. The van der Waals surface area contributed by atoms with Crippen LogP contribution >= 0.6 is 0 Å². The van der Waals surface area contributed by atoms with Gasteiger partial charge in [0.1, 0.15) is 6.54 Å². The third-order valence-corrected chi connectivity index (χ3v) is 4.38. The van der Waals surface area contributed by atoms with E-state index in [1.54, 1.807) is 4.90 Å². The maximum Gasteiger partial charge on any atom is 0.244 e. The van der Waals surface area contributed by atoms with E-state index >= 15 is 0 Å². The predicted octanol–water partition coefficient (Wildman–Crippen LogP) is 2.73. The van der Waals surface area contributed by atoms with Crippen molar-refractivity contribution < 1.29 is 9.59 Å². The van der Waals surface area contributed by atoms with Gasteiger partial charge in [-0.15, -0.1) is 0 Å². The van der Waals surface area contributed by atoms with Crippen molar-refractivity contribution in [3.63, 3.8) is 0 Å². The van der Waals surface area contributed by atoms with Crippen LogP contribution in [-0.2, 0) is 9.59 Å². The number of nitrogens with zero attached hydrogens (tertiary/aromatic N) is 1. The van der Waals surface area contributed by atoms with Crippen LogP contribution in [0.15, 0.2) is 42.5 Å². The molecule has 1 saturated heterocycles. The minimum Gasteiger partial charge on any atom is -0.324 e. The van der Waals surface area contributed by atoms with Crippen LogP contribution in [0.5, 0.6) is 0 Å². The SMILES string of the molecule is CCCC1CC(=O)N(CC(=O)Nc2cccc3ccccc23)CN1. The molecule has 1 aliphatic rings. The number of hydrogen-bond donors (Lipinski definition) is 2.